The Kier molecular flexibility index (Phi) is 7.06. The number of esters is 1. The molecule has 0 bridgehead atoms. The van der Waals surface area contributed by atoms with Gasteiger partial charge in [-0.2, -0.15) is 13.2 Å². The van der Waals surface area contributed by atoms with Gasteiger partial charge in [-0.15, -0.1) is 0 Å². The van der Waals surface area contributed by atoms with Gasteiger partial charge in [0.05, 0.1) is 36.9 Å². The number of benzene rings is 2. The molecular formula is C23H23F5N2O3. The molecule has 1 amide bonds. The zero-order valence-electron chi connectivity index (χ0n) is 18.0. The quantitative estimate of drug-likeness (QED) is 0.496. The van der Waals surface area contributed by atoms with Crippen molar-refractivity contribution in [3.05, 3.63) is 70.8 Å². The standard InChI is InChI=1S/C23H23F5N2O3/c1-14(16-6-8-17(9-7-16)21(32)33-2)29-20(31)19-11-22(24,25)13-30(19)12-15-4-3-5-18(10-15)23(26,27)28/h3-10,14,19H,11-13H2,1-2H3,(H,29,31). The van der Waals surface area contributed by atoms with Crippen LogP contribution >= 0.6 is 0 Å². The van der Waals surface area contributed by atoms with Gasteiger partial charge in [0.1, 0.15) is 0 Å². The normalized spacial score (nSPS) is 19.2. The first kappa shape index (κ1) is 24.6. The molecule has 1 saturated heterocycles. The first-order chi connectivity index (χ1) is 15.4. The first-order valence-corrected chi connectivity index (χ1v) is 10.2. The highest BCUT2D eigenvalue weighted by Crippen LogP contribution is 2.35. The van der Waals surface area contributed by atoms with E-state index in [1.165, 1.54) is 36.3 Å². The zero-order chi connectivity index (χ0) is 24.4. The SMILES string of the molecule is COC(=O)c1ccc(C(C)NC(=O)C2CC(F)(F)CN2Cc2cccc(C(F)(F)F)c2)cc1. The smallest absolute Gasteiger partial charge is 0.416 e. The van der Waals surface area contributed by atoms with E-state index in [-0.39, 0.29) is 12.1 Å². The van der Waals surface area contributed by atoms with Gasteiger partial charge in [0.2, 0.25) is 5.91 Å². The minimum absolute atomic E-state index is 0.187. The highest BCUT2D eigenvalue weighted by Gasteiger charge is 2.48. The van der Waals surface area contributed by atoms with E-state index in [1.807, 2.05) is 0 Å². The van der Waals surface area contributed by atoms with Gasteiger partial charge in [0.25, 0.3) is 5.92 Å². The third kappa shape index (κ3) is 6.07. The Morgan fingerprint density at radius 1 is 1.18 bits per heavy atom. The van der Waals surface area contributed by atoms with Crippen LogP contribution in [0, 0.1) is 0 Å². The van der Waals surface area contributed by atoms with Crippen LogP contribution in [0.4, 0.5) is 22.0 Å². The van der Waals surface area contributed by atoms with E-state index >= 15 is 0 Å². The van der Waals surface area contributed by atoms with E-state index in [2.05, 4.69) is 10.1 Å². The molecule has 0 radical (unpaired) electrons. The fourth-order valence-electron chi connectivity index (χ4n) is 3.81. The summed E-state index contributed by atoms with van der Waals surface area (Å²) in [7, 11) is 1.25. The lowest BCUT2D eigenvalue weighted by Crippen LogP contribution is -2.43. The number of nitrogens with one attached hydrogen (secondary N) is 1. The maximum Gasteiger partial charge on any atom is 0.416 e. The fraction of sp³-hybridized carbons (Fsp3) is 0.391. The molecule has 2 aromatic rings. The molecule has 1 N–H and O–H groups in total. The van der Waals surface area contributed by atoms with Crippen LogP contribution in [0.5, 0.6) is 0 Å². The largest absolute Gasteiger partial charge is 0.465 e. The molecule has 2 atom stereocenters. The molecule has 5 nitrogen and oxygen atoms in total. The Bertz CT molecular complexity index is 1010. The van der Waals surface area contributed by atoms with Crippen LogP contribution in [0.2, 0.25) is 0 Å². The molecule has 0 spiro atoms. The molecule has 178 valence electrons. The molecule has 10 heteroatoms. The number of likely N-dealkylation sites (tertiary alicyclic amines) is 1. The van der Waals surface area contributed by atoms with Crippen molar-refractivity contribution in [2.75, 3.05) is 13.7 Å². The molecule has 0 aliphatic carbocycles. The first-order valence-electron chi connectivity index (χ1n) is 10.2. The third-order valence-electron chi connectivity index (χ3n) is 5.50. The molecule has 0 saturated carbocycles. The van der Waals surface area contributed by atoms with Crippen molar-refractivity contribution in [3.63, 3.8) is 0 Å². The monoisotopic (exact) mass is 470 g/mol. The van der Waals surface area contributed by atoms with Crippen molar-refractivity contribution in [3.8, 4) is 0 Å². The Morgan fingerprint density at radius 3 is 2.45 bits per heavy atom. The van der Waals surface area contributed by atoms with Crippen LogP contribution in [0.1, 0.15) is 46.4 Å². The molecular weight excluding hydrogens is 447 g/mol. The number of hydrogen-bond donors (Lipinski definition) is 1. The highest BCUT2D eigenvalue weighted by atomic mass is 19.4. The molecule has 1 fully saturated rings. The fourth-order valence-corrected chi connectivity index (χ4v) is 3.81. The summed E-state index contributed by atoms with van der Waals surface area (Å²) in [5.41, 5.74) is 0.274. The van der Waals surface area contributed by atoms with Gasteiger partial charge in [0, 0.05) is 13.0 Å². The van der Waals surface area contributed by atoms with Gasteiger partial charge in [-0.3, -0.25) is 9.69 Å². The highest BCUT2D eigenvalue weighted by molar-refractivity contribution is 5.89. The molecule has 33 heavy (non-hydrogen) atoms. The van der Waals surface area contributed by atoms with Crippen molar-refractivity contribution in [1.29, 1.82) is 0 Å². The van der Waals surface area contributed by atoms with E-state index < -0.39 is 54.6 Å². The van der Waals surface area contributed by atoms with Crippen LogP contribution < -0.4 is 5.32 Å². The lowest BCUT2D eigenvalue weighted by molar-refractivity contribution is -0.137. The molecule has 1 heterocycles. The van der Waals surface area contributed by atoms with E-state index in [1.54, 1.807) is 19.1 Å². The summed E-state index contributed by atoms with van der Waals surface area (Å²) in [4.78, 5) is 25.6. The van der Waals surface area contributed by atoms with E-state index in [0.717, 1.165) is 12.1 Å². The summed E-state index contributed by atoms with van der Waals surface area (Å²) in [6.07, 6.45) is -5.29. The number of carbonyl (C=O) groups excluding carboxylic acids is 2. The molecule has 0 aromatic heterocycles. The second-order valence-corrected chi connectivity index (χ2v) is 8.02. The number of ether oxygens (including phenoxy) is 1. The summed E-state index contributed by atoms with van der Waals surface area (Å²) in [6, 6.07) is 8.94. The second-order valence-electron chi connectivity index (χ2n) is 8.02. The van der Waals surface area contributed by atoms with Gasteiger partial charge < -0.3 is 10.1 Å². The van der Waals surface area contributed by atoms with E-state index in [0.29, 0.717) is 11.1 Å². The molecule has 1 aliphatic heterocycles. The van der Waals surface area contributed by atoms with Gasteiger partial charge >= 0.3 is 12.1 Å². The number of nitrogens with zero attached hydrogens (tertiary/aromatic N) is 1. The predicted molar refractivity (Wildman–Crippen MR) is 110 cm³/mol. The third-order valence-corrected chi connectivity index (χ3v) is 5.50. The lowest BCUT2D eigenvalue weighted by atomic mass is 10.0. The maximum atomic E-state index is 14.1. The Balaban J connectivity index is 1.72. The Labute approximate surface area is 187 Å². The van der Waals surface area contributed by atoms with Gasteiger partial charge in [-0.05, 0) is 36.2 Å². The van der Waals surface area contributed by atoms with Crippen molar-refractivity contribution >= 4 is 11.9 Å². The van der Waals surface area contributed by atoms with Crippen LogP contribution in [-0.4, -0.2) is 42.4 Å². The number of halogens is 5. The number of rotatable bonds is 6. The average Bonchev–Trinajstić information content (AvgIpc) is 3.06. The van der Waals surface area contributed by atoms with Crippen molar-refractivity contribution in [2.45, 2.75) is 44.1 Å². The average molecular weight is 470 g/mol. The predicted octanol–water partition coefficient (Wildman–Crippen LogP) is 4.58. The van der Waals surface area contributed by atoms with E-state index in [4.69, 9.17) is 0 Å². The van der Waals surface area contributed by atoms with Crippen LogP contribution in [-0.2, 0) is 22.3 Å². The molecule has 2 aromatic carbocycles. The summed E-state index contributed by atoms with van der Waals surface area (Å²) < 4.78 is 71.9. The van der Waals surface area contributed by atoms with Crippen molar-refractivity contribution in [2.24, 2.45) is 0 Å². The van der Waals surface area contributed by atoms with Gasteiger partial charge in [0.15, 0.2) is 0 Å². The minimum atomic E-state index is -4.55. The van der Waals surface area contributed by atoms with Crippen molar-refractivity contribution in [1.82, 2.24) is 10.2 Å². The second kappa shape index (κ2) is 9.46. The van der Waals surface area contributed by atoms with Crippen molar-refractivity contribution < 1.29 is 36.3 Å². The summed E-state index contributed by atoms with van der Waals surface area (Å²) >= 11 is 0. The topological polar surface area (TPSA) is 58.6 Å². The molecule has 3 rings (SSSR count). The van der Waals surface area contributed by atoms with Gasteiger partial charge in [-0.1, -0.05) is 30.3 Å². The number of carbonyl (C=O) groups is 2. The number of alkyl halides is 5. The maximum absolute atomic E-state index is 14.1. The molecule has 2 unspecified atom stereocenters. The number of methoxy groups -OCH3 is 1. The lowest BCUT2D eigenvalue weighted by Gasteiger charge is -2.25. The van der Waals surface area contributed by atoms with Crippen LogP contribution in [0.3, 0.4) is 0 Å². The number of amides is 1. The summed E-state index contributed by atoms with van der Waals surface area (Å²) in [6.45, 7) is 0.707. The molecule has 1 aliphatic rings. The number of hydrogen-bond acceptors (Lipinski definition) is 4. The summed E-state index contributed by atoms with van der Waals surface area (Å²) in [5, 5.41) is 2.68. The summed E-state index contributed by atoms with van der Waals surface area (Å²) in [5.74, 6) is -4.31. The van der Waals surface area contributed by atoms with E-state index in [9.17, 15) is 31.5 Å². The minimum Gasteiger partial charge on any atom is -0.465 e. The van der Waals surface area contributed by atoms with Crippen LogP contribution in [0.25, 0.3) is 0 Å². The Hall–Kier alpha value is -3.01. The Morgan fingerprint density at radius 2 is 1.85 bits per heavy atom. The van der Waals surface area contributed by atoms with Crippen LogP contribution in [0.15, 0.2) is 48.5 Å². The zero-order valence-corrected chi connectivity index (χ0v) is 18.0. The van der Waals surface area contributed by atoms with Gasteiger partial charge in [-0.25, -0.2) is 13.6 Å².